The number of thiophene rings is 1. The molecule has 0 radical (unpaired) electrons. The molecule has 1 aliphatic heterocycles. The van der Waals surface area contributed by atoms with E-state index in [0.717, 1.165) is 26.1 Å². The summed E-state index contributed by atoms with van der Waals surface area (Å²) in [6.07, 6.45) is 3.63. The van der Waals surface area contributed by atoms with E-state index in [1.807, 2.05) is 106 Å². The van der Waals surface area contributed by atoms with Crippen molar-refractivity contribution in [1.82, 2.24) is 14.1 Å². The number of nitrogens with zero attached hydrogens (tertiary/aromatic N) is 3. The summed E-state index contributed by atoms with van der Waals surface area (Å²) in [6, 6.07) is 27.6. The first kappa shape index (κ1) is 43.2. The Labute approximate surface area is 356 Å². The lowest BCUT2D eigenvalue weighted by Gasteiger charge is -2.43. The number of ether oxygens (including phenoxy) is 3. The Hall–Kier alpha value is -4.92. The van der Waals surface area contributed by atoms with Crippen LogP contribution in [0.2, 0.25) is 5.04 Å². The van der Waals surface area contributed by atoms with Crippen LogP contribution in [0.1, 0.15) is 84.1 Å². The van der Waals surface area contributed by atoms with Gasteiger partial charge in [0.2, 0.25) is 5.89 Å². The fourth-order valence-electron chi connectivity index (χ4n) is 8.21. The van der Waals surface area contributed by atoms with Crippen LogP contribution in [0, 0.1) is 6.92 Å². The highest BCUT2D eigenvalue weighted by Crippen LogP contribution is 2.40. The Morgan fingerprint density at radius 3 is 2.12 bits per heavy atom. The number of hydrogen-bond donors (Lipinski definition) is 0. The molecule has 11 nitrogen and oxygen atoms in total. The number of rotatable bonds is 14. The summed E-state index contributed by atoms with van der Waals surface area (Å²) >= 11 is 1.26. The summed E-state index contributed by atoms with van der Waals surface area (Å²) in [5.74, 6) is -0.357. The number of aromatic nitrogens is 3. The van der Waals surface area contributed by atoms with Crippen molar-refractivity contribution in [2.24, 2.45) is 0 Å². The van der Waals surface area contributed by atoms with Gasteiger partial charge in [-0.25, -0.2) is 14.3 Å². The molecule has 3 aromatic carbocycles. The Morgan fingerprint density at radius 1 is 0.917 bits per heavy atom. The first-order valence-electron chi connectivity index (χ1n) is 20.6. The maximum Gasteiger partial charge on any atom is 0.333 e. The summed E-state index contributed by atoms with van der Waals surface area (Å²) in [5.41, 5.74) is -0.640. The highest BCUT2D eigenvalue weighted by molar-refractivity contribution is 7.22. The molecule has 1 atom stereocenters. The van der Waals surface area contributed by atoms with Crippen LogP contribution in [-0.4, -0.2) is 53.8 Å². The van der Waals surface area contributed by atoms with Crippen molar-refractivity contribution in [1.29, 1.82) is 0 Å². The van der Waals surface area contributed by atoms with E-state index in [-0.39, 0.29) is 18.8 Å². The molecule has 0 N–H and O–H groups in total. The zero-order chi connectivity index (χ0) is 42.8. The third-order valence-corrected chi connectivity index (χ3v) is 17.6. The molecule has 1 aliphatic rings. The highest BCUT2D eigenvalue weighted by Gasteiger charge is 2.55. The average molecular weight is 850 g/mol. The van der Waals surface area contributed by atoms with Gasteiger partial charge in [0, 0.05) is 13.2 Å². The number of aryl methyl sites for hydroxylation is 1. The minimum absolute atomic E-state index is 0.00714. The van der Waals surface area contributed by atoms with Crippen molar-refractivity contribution in [3.63, 3.8) is 0 Å². The summed E-state index contributed by atoms with van der Waals surface area (Å²) in [4.78, 5) is 51.2. The average Bonchev–Trinajstić information content (AvgIpc) is 3.89. The number of fused-ring (bicyclic) bond motifs is 1. The van der Waals surface area contributed by atoms with E-state index in [4.69, 9.17) is 23.1 Å². The molecule has 316 valence electrons. The van der Waals surface area contributed by atoms with Crippen molar-refractivity contribution in [3.8, 4) is 10.8 Å². The van der Waals surface area contributed by atoms with Crippen molar-refractivity contribution < 1.29 is 27.8 Å². The molecular formula is C47H55N3O8SSi. The quantitative estimate of drug-likeness (QED) is 0.101. The second kappa shape index (κ2) is 17.6. The first-order valence-corrected chi connectivity index (χ1v) is 23.3. The van der Waals surface area contributed by atoms with Gasteiger partial charge in [-0.15, -0.1) is 11.3 Å². The third kappa shape index (κ3) is 8.25. The molecule has 13 heteroatoms. The summed E-state index contributed by atoms with van der Waals surface area (Å²) < 4.78 is 34.1. The van der Waals surface area contributed by atoms with Crippen LogP contribution < -0.4 is 21.6 Å². The molecule has 0 unspecified atom stereocenters. The Morgan fingerprint density at radius 2 is 1.53 bits per heavy atom. The molecule has 6 aromatic rings. The SMILES string of the molecule is Cc1c(-c2ncco2)sc2c1c(=O)n(C(C)(C)C(=O)O[Si](c1ccccc1)(c1ccccc1)C(C)(C)C)c(=O)n2C[C@H](OC1CCOCC1)c1ccccc1COC(C)C. The summed E-state index contributed by atoms with van der Waals surface area (Å²) in [5, 5.41) is 1.53. The van der Waals surface area contributed by atoms with Gasteiger partial charge < -0.3 is 23.1 Å². The number of carbonyl (C=O) groups excluding carboxylic acids is 1. The minimum Gasteiger partial charge on any atom is -0.508 e. The summed E-state index contributed by atoms with van der Waals surface area (Å²) in [7, 11) is -3.45. The van der Waals surface area contributed by atoms with Crippen LogP contribution in [0.15, 0.2) is 111 Å². The van der Waals surface area contributed by atoms with Crippen LogP contribution >= 0.6 is 11.3 Å². The van der Waals surface area contributed by atoms with Crippen molar-refractivity contribution >= 4 is 46.2 Å². The molecule has 0 saturated carbocycles. The van der Waals surface area contributed by atoms with Gasteiger partial charge in [0.15, 0.2) is 0 Å². The zero-order valence-corrected chi connectivity index (χ0v) is 37.5. The van der Waals surface area contributed by atoms with E-state index >= 15 is 14.4 Å². The van der Waals surface area contributed by atoms with Crippen LogP contribution in [0.4, 0.5) is 0 Å². The fourth-order valence-corrected chi connectivity index (χ4v) is 13.9. The number of oxazole rings is 1. The van der Waals surface area contributed by atoms with E-state index in [0.29, 0.717) is 59.2 Å². The summed E-state index contributed by atoms with van der Waals surface area (Å²) in [6.45, 7) is 16.7. The lowest BCUT2D eigenvalue weighted by molar-refractivity contribution is -0.144. The van der Waals surface area contributed by atoms with Gasteiger partial charge in [0.25, 0.3) is 5.56 Å². The third-order valence-electron chi connectivity index (χ3n) is 11.4. The molecule has 3 aromatic heterocycles. The Balaban J connectivity index is 1.43. The number of hydrogen-bond acceptors (Lipinski definition) is 10. The standard InChI is InChI=1S/C47H55N3O8SSi/c1-31(2)56-30-33-17-15-16-22-37(33)38(57-34-23-26-54-27-24-34)29-49-43-39(32(3)40(59-43)41-48-25-28-55-41)42(51)50(45(49)53)47(7,8)44(52)58-60(46(4,5)6,35-18-11-9-12-19-35)36-20-13-10-14-21-36/h9-22,25,28,31,34,38H,23-24,26-27,29-30H2,1-8H3/t38-/m0/s1. The lowest BCUT2D eigenvalue weighted by atomic mass is 10.0. The molecular weight excluding hydrogens is 795 g/mol. The zero-order valence-electron chi connectivity index (χ0n) is 35.7. The topological polar surface area (TPSA) is 124 Å². The van der Waals surface area contributed by atoms with E-state index in [9.17, 15) is 0 Å². The van der Waals surface area contributed by atoms with Gasteiger partial charge in [-0.3, -0.25) is 14.2 Å². The van der Waals surface area contributed by atoms with Crippen LogP contribution in [0.25, 0.3) is 21.0 Å². The minimum atomic E-state index is -3.45. The molecule has 7 rings (SSSR count). The van der Waals surface area contributed by atoms with Gasteiger partial charge in [0.1, 0.15) is 22.7 Å². The number of carbonyl (C=O) groups is 1. The van der Waals surface area contributed by atoms with Gasteiger partial charge >= 0.3 is 20.0 Å². The smallest absolute Gasteiger partial charge is 0.333 e. The van der Waals surface area contributed by atoms with Crippen molar-refractivity contribution in [2.75, 3.05) is 13.2 Å². The molecule has 1 fully saturated rings. The predicted molar refractivity (Wildman–Crippen MR) is 238 cm³/mol. The van der Waals surface area contributed by atoms with Crippen LogP contribution in [0.3, 0.4) is 0 Å². The normalized spacial score (nSPS) is 14.8. The molecule has 0 aliphatic carbocycles. The van der Waals surface area contributed by atoms with E-state index in [2.05, 4.69) is 25.8 Å². The number of benzene rings is 3. The van der Waals surface area contributed by atoms with E-state index in [1.54, 1.807) is 24.6 Å². The predicted octanol–water partition coefficient (Wildman–Crippen LogP) is 7.89. The Kier molecular flexibility index (Phi) is 12.7. The van der Waals surface area contributed by atoms with E-state index < -0.39 is 42.2 Å². The molecule has 0 spiro atoms. The maximum absolute atomic E-state index is 15.4. The molecule has 4 heterocycles. The molecule has 0 amide bonds. The van der Waals surface area contributed by atoms with Gasteiger partial charge in [-0.05, 0) is 79.6 Å². The molecule has 60 heavy (non-hydrogen) atoms. The van der Waals surface area contributed by atoms with Crippen LogP contribution in [0.5, 0.6) is 0 Å². The Bertz CT molecular complexity index is 2490. The van der Waals surface area contributed by atoms with E-state index in [1.165, 1.54) is 17.6 Å². The largest absolute Gasteiger partial charge is 0.508 e. The van der Waals surface area contributed by atoms with Crippen molar-refractivity contribution in [2.45, 2.75) is 110 Å². The maximum atomic E-state index is 15.4. The second-order valence-electron chi connectivity index (χ2n) is 17.2. The van der Waals surface area contributed by atoms with Gasteiger partial charge in [-0.2, -0.15) is 0 Å². The molecule has 0 bridgehead atoms. The lowest BCUT2D eigenvalue weighted by Crippen LogP contribution is -2.69. The first-order chi connectivity index (χ1) is 28.6. The van der Waals surface area contributed by atoms with Crippen molar-refractivity contribution in [3.05, 3.63) is 135 Å². The van der Waals surface area contributed by atoms with Crippen LogP contribution in [-0.2, 0) is 42.1 Å². The molecule has 1 saturated heterocycles. The monoisotopic (exact) mass is 849 g/mol. The van der Waals surface area contributed by atoms with Gasteiger partial charge in [-0.1, -0.05) is 106 Å². The second-order valence-corrected chi connectivity index (χ2v) is 22.4. The van der Waals surface area contributed by atoms with Gasteiger partial charge in [0.05, 0.1) is 41.8 Å². The highest BCUT2D eigenvalue weighted by atomic mass is 32.1. The fraction of sp³-hybridized carbons (Fsp3) is 0.404.